The van der Waals surface area contributed by atoms with Gasteiger partial charge in [0.15, 0.2) is 11.5 Å². The van der Waals surface area contributed by atoms with Crippen molar-refractivity contribution in [2.45, 2.75) is 13.3 Å². The molecule has 0 saturated heterocycles. The average Bonchev–Trinajstić information content (AvgIpc) is 2.61. The summed E-state index contributed by atoms with van der Waals surface area (Å²) in [6.07, 6.45) is 0.743. The first kappa shape index (κ1) is 16.2. The Morgan fingerprint density at radius 3 is 2.67 bits per heavy atom. The lowest BCUT2D eigenvalue weighted by Crippen LogP contribution is -2.27. The predicted octanol–water partition coefficient (Wildman–Crippen LogP) is 2.75. The molecule has 126 valence electrons. The van der Waals surface area contributed by atoms with Crippen molar-refractivity contribution in [1.82, 2.24) is 5.32 Å². The highest BCUT2D eigenvalue weighted by Gasteiger charge is 2.17. The van der Waals surface area contributed by atoms with E-state index in [9.17, 15) is 4.79 Å². The maximum absolute atomic E-state index is 12.4. The van der Waals surface area contributed by atoms with Gasteiger partial charge in [0.05, 0.1) is 7.11 Å². The lowest BCUT2D eigenvalue weighted by molar-refractivity contribution is 0.0952. The van der Waals surface area contributed by atoms with E-state index in [0.29, 0.717) is 36.8 Å². The van der Waals surface area contributed by atoms with Gasteiger partial charge in [0.1, 0.15) is 19.0 Å². The number of rotatable bonds is 5. The zero-order chi connectivity index (χ0) is 16.9. The van der Waals surface area contributed by atoms with E-state index in [-0.39, 0.29) is 5.91 Å². The molecule has 5 heteroatoms. The number of nitrogens with one attached hydrogen (secondary N) is 1. The van der Waals surface area contributed by atoms with Crippen LogP contribution in [0.4, 0.5) is 0 Å². The summed E-state index contributed by atoms with van der Waals surface area (Å²) in [6.45, 7) is 3.50. The van der Waals surface area contributed by atoms with Gasteiger partial charge in [0.25, 0.3) is 5.91 Å². The summed E-state index contributed by atoms with van der Waals surface area (Å²) in [5.74, 6) is 2.05. The molecule has 2 aromatic rings. The van der Waals surface area contributed by atoms with Gasteiger partial charge in [0.2, 0.25) is 0 Å². The fraction of sp³-hybridized carbons (Fsp3) is 0.316. The second-order valence-electron chi connectivity index (χ2n) is 5.67. The highest BCUT2D eigenvalue weighted by molar-refractivity contribution is 5.96. The predicted molar refractivity (Wildman–Crippen MR) is 91.2 cm³/mol. The summed E-state index contributed by atoms with van der Waals surface area (Å²) < 4.78 is 16.3. The molecule has 1 heterocycles. The van der Waals surface area contributed by atoms with Gasteiger partial charge >= 0.3 is 0 Å². The third-order valence-electron chi connectivity index (χ3n) is 3.97. The number of amides is 1. The standard InChI is InChI=1S/C19H21NO4/c1-13-10-17-18(24-9-8-23-17)12-16(13)19(21)20-7-6-14-4-3-5-15(11-14)22-2/h3-5,10-12H,6-9H2,1-2H3,(H,20,21). The van der Waals surface area contributed by atoms with Gasteiger partial charge in [0, 0.05) is 12.1 Å². The summed E-state index contributed by atoms with van der Waals surface area (Å²) >= 11 is 0. The van der Waals surface area contributed by atoms with Crippen LogP contribution in [0.25, 0.3) is 0 Å². The van der Waals surface area contributed by atoms with Gasteiger partial charge in [-0.1, -0.05) is 12.1 Å². The van der Waals surface area contributed by atoms with E-state index in [1.165, 1.54) is 0 Å². The Morgan fingerprint density at radius 1 is 1.17 bits per heavy atom. The summed E-state index contributed by atoms with van der Waals surface area (Å²) in [5, 5.41) is 2.96. The van der Waals surface area contributed by atoms with Gasteiger partial charge in [-0.3, -0.25) is 4.79 Å². The summed E-state index contributed by atoms with van der Waals surface area (Å²) in [6, 6.07) is 11.4. The van der Waals surface area contributed by atoms with Crippen LogP contribution in [0.15, 0.2) is 36.4 Å². The Morgan fingerprint density at radius 2 is 1.92 bits per heavy atom. The number of aryl methyl sites for hydroxylation is 1. The molecule has 3 rings (SSSR count). The van der Waals surface area contributed by atoms with E-state index >= 15 is 0 Å². The Bertz CT molecular complexity index is 742. The molecule has 1 amide bonds. The minimum absolute atomic E-state index is 0.104. The van der Waals surface area contributed by atoms with E-state index in [4.69, 9.17) is 14.2 Å². The first-order valence-electron chi connectivity index (χ1n) is 7.99. The third kappa shape index (κ3) is 3.62. The smallest absolute Gasteiger partial charge is 0.251 e. The zero-order valence-corrected chi connectivity index (χ0v) is 13.9. The molecule has 1 aliphatic heterocycles. The molecule has 24 heavy (non-hydrogen) atoms. The lowest BCUT2D eigenvalue weighted by Gasteiger charge is -2.20. The minimum Gasteiger partial charge on any atom is -0.497 e. The van der Waals surface area contributed by atoms with Gasteiger partial charge in [-0.25, -0.2) is 0 Å². The normalized spacial score (nSPS) is 12.6. The van der Waals surface area contributed by atoms with E-state index in [1.807, 2.05) is 37.3 Å². The number of ether oxygens (including phenoxy) is 3. The molecular formula is C19H21NO4. The summed E-state index contributed by atoms with van der Waals surface area (Å²) in [5.41, 5.74) is 2.61. The lowest BCUT2D eigenvalue weighted by atomic mass is 10.1. The van der Waals surface area contributed by atoms with Crippen molar-refractivity contribution in [3.05, 3.63) is 53.1 Å². The van der Waals surface area contributed by atoms with E-state index in [1.54, 1.807) is 13.2 Å². The number of benzene rings is 2. The molecule has 5 nitrogen and oxygen atoms in total. The van der Waals surface area contributed by atoms with E-state index in [2.05, 4.69) is 5.32 Å². The Balaban J connectivity index is 1.62. The van der Waals surface area contributed by atoms with Crippen LogP contribution in [0.3, 0.4) is 0 Å². The molecule has 0 aromatic heterocycles. The second-order valence-corrected chi connectivity index (χ2v) is 5.67. The van der Waals surface area contributed by atoms with Gasteiger partial charge < -0.3 is 19.5 Å². The molecule has 0 radical (unpaired) electrons. The highest BCUT2D eigenvalue weighted by atomic mass is 16.6. The third-order valence-corrected chi connectivity index (χ3v) is 3.97. The quantitative estimate of drug-likeness (QED) is 0.917. The van der Waals surface area contributed by atoms with Crippen molar-refractivity contribution < 1.29 is 19.0 Å². The van der Waals surface area contributed by atoms with Crippen molar-refractivity contribution in [2.24, 2.45) is 0 Å². The van der Waals surface area contributed by atoms with Crippen LogP contribution in [0.1, 0.15) is 21.5 Å². The molecule has 2 aromatic carbocycles. The molecule has 1 aliphatic rings. The molecule has 0 bridgehead atoms. The molecule has 1 N–H and O–H groups in total. The van der Waals surface area contributed by atoms with E-state index < -0.39 is 0 Å². The van der Waals surface area contributed by atoms with Crippen LogP contribution in [0.5, 0.6) is 17.2 Å². The van der Waals surface area contributed by atoms with E-state index in [0.717, 1.165) is 23.3 Å². The first-order chi connectivity index (χ1) is 11.7. The van der Waals surface area contributed by atoms with Crippen LogP contribution in [0.2, 0.25) is 0 Å². The Kier molecular flexibility index (Phi) is 4.89. The van der Waals surface area contributed by atoms with Crippen LogP contribution in [-0.4, -0.2) is 32.8 Å². The number of fused-ring (bicyclic) bond motifs is 1. The molecule has 0 atom stereocenters. The van der Waals surface area contributed by atoms with Crippen molar-refractivity contribution in [3.8, 4) is 17.2 Å². The van der Waals surface area contributed by atoms with Gasteiger partial charge in [-0.15, -0.1) is 0 Å². The number of methoxy groups -OCH3 is 1. The van der Waals surface area contributed by atoms with Crippen LogP contribution in [-0.2, 0) is 6.42 Å². The summed E-state index contributed by atoms with van der Waals surface area (Å²) in [7, 11) is 1.64. The zero-order valence-electron chi connectivity index (χ0n) is 13.9. The monoisotopic (exact) mass is 327 g/mol. The summed E-state index contributed by atoms with van der Waals surface area (Å²) in [4.78, 5) is 12.4. The molecule has 0 saturated carbocycles. The van der Waals surface area contributed by atoms with Crippen molar-refractivity contribution in [3.63, 3.8) is 0 Å². The Labute approximate surface area is 141 Å². The van der Waals surface area contributed by atoms with Crippen molar-refractivity contribution >= 4 is 5.91 Å². The SMILES string of the molecule is COc1cccc(CCNC(=O)c2cc3c(cc2C)OCCO3)c1. The number of hydrogen-bond donors (Lipinski definition) is 1. The Hall–Kier alpha value is -2.69. The molecule has 0 aliphatic carbocycles. The number of hydrogen-bond acceptors (Lipinski definition) is 4. The number of carbonyl (C=O) groups is 1. The van der Waals surface area contributed by atoms with Gasteiger partial charge in [-0.2, -0.15) is 0 Å². The van der Waals surface area contributed by atoms with Crippen LogP contribution in [0, 0.1) is 6.92 Å². The maximum Gasteiger partial charge on any atom is 0.251 e. The largest absolute Gasteiger partial charge is 0.497 e. The maximum atomic E-state index is 12.4. The molecular weight excluding hydrogens is 306 g/mol. The highest BCUT2D eigenvalue weighted by Crippen LogP contribution is 2.32. The second kappa shape index (κ2) is 7.25. The molecule has 0 unspecified atom stereocenters. The number of carbonyl (C=O) groups excluding carboxylic acids is 1. The van der Waals surface area contributed by atoms with Crippen molar-refractivity contribution in [1.29, 1.82) is 0 Å². The molecule has 0 fully saturated rings. The van der Waals surface area contributed by atoms with Gasteiger partial charge in [-0.05, 0) is 48.7 Å². The van der Waals surface area contributed by atoms with Crippen LogP contribution < -0.4 is 19.5 Å². The molecule has 0 spiro atoms. The first-order valence-corrected chi connectivity index (χ1v) is 7.99. The average molecular weight is 327 g/mol. The topological polar surface area (TPSA) is 56.8 Å². The fourth-order valence-electron chi connectivity index (χ4n) is 2.68. The van der Waals surface area contributed by atoms with Crippen molar-refractivity contribution in [2.75, 3.05) is 26.9 Å². The fourth-order valence-corrected chi connectivity index (χ4v) is 2.68. The minimum atomic E-state index is -0.104. The van der Waals surface area contributed by atoms with Crippen LogP contribution >= 0.6 is 0 Å².